The van der Waals surface area contributed by atoms with Crippen molar-refractivity contribution in [3.63, 3.8) is 0 Å². The third-order valence-corrected chi connectivity index (χ3v) is 5.86. The van der Waals surface area contributed by atoms with Crippen molar-refractivity contribution in [3.8, 4) is 11.5 Å². The highest BCUT2D eigenvalue weighted by Crippen LogP contribution is 2.35. The van der Waals surface area contributed by atoms with Gasteiger partial charge in [0.25, 0.3) is 5.91 Å². The fraction of sp³-hybridized carbons (Fsp3) is 0.0455. The minimum Gasteiger partial charge on any atom is -0.507 e. The van der Waals surface area contributed by atoms with Gasteiger partial charge in [0.05, 0.1) is 23.9 Å². The first kappa shape index (κ1) is 22.0. The van der Waals surface area contributed by atoms with E-state index in [-0.39, 0.29) is 24.0 Å². The summed E-state index contributed by atoms with van der Waals surface area (Å²) in [5, 5.41) is 29.4. The van der Waals surface area contributed by atoms with Crippen LogP contribution in [-0.2, 0) is 11.3 Å². The summed E-state index contributed by atoms with van der Waals surface area (Å²) in [6.45, 7) is 0.147. The van der Waals surface area contributed by atoms with Gasteiger partial charge in [-0.25, -0.2) is 0 Å². The van der Waals surface area contributed by atoms with Crippen molar-refractivity contribution in [3.05, 3.63) is 86.6 Å². The average molecular weight is 488 g/mol. The Kier molecular flexibility index (Phi) is 6.55. The molecule has 2 N–H and O–H groups in total. The molecule has 2 heterocycles. The molecule has 0 bridgehead atoms. The molecule has 1 aliphatic heterocycles. The average Bonchev–Trinajstić information content (AvgIpc) is 3.37. The van der Waals surface area contributed by atoms with E-state index >= 15 is 0 Å². The zero-order valence-electron chi connectivity index (χ0n) is 16.3. The number of halogens is 2. The lowest BCUT2D eigenvalue weighted by Gasteiger charge is -2.12. The first-order valence-electron chi connectivity index (χ1n) is 9.22. The Morgan fingerprint density at radius 2 is 1.72 bits per heavy atom. The molecule has 1 amide bonds. The van der Waals surface area contributed by atoms with Crippen LogP contribution in [0.2, 0.25) is 10.0 Å². The molecule has 1 aliphatic rings. The van der Waals surface area contributed by atoms with Gasteiger partial charge in [-0.2, -0.15) is 5.10 Å². The van der Waals surface area contributed by atoms with Gasteiger partial charge in [-0.3, -0.25) is 9.69 Å². The van der Waals surface area contributed by atoms with Gasteiger partial charge in [-0.1, -0.05) is 23.2 Å². The van der Waals surface area contributed by atoms with Gasteiger partial charge in [-0.05, 0) is 66.4 Å². The summed E-state index contributed by atoms with van der Waals surface area (Å²) >= 11 is 13.1. The molecule has 0 spiro atoms. The number of phenols is 2. The van der Waals surface area contributed by atoms with Gasteiger partial charge in [0.1, 0.15) is 17.3 Å². The molecular formula is C22H15Cl2N3O4S. The number of amidine groups is 1. The van der Waals surface area contributed by atoms with Crippen LogP contribution in [0.1, 0.15) is 16.9 Å². The smallest absolute Gasteiger partial charge is 0.267 e. The van der Waals surface area contributed by atoms with Crippen LogP contribution in [0.4, 0.5) is 0 Å². The summed E-state index contributed by atoms with van der Waals surface area (Å²) in [6, 6.07) is 12.6. The fourth-order valence-electron chi connectivity index (χ4n) is 2.83. The van der Waals surface area contributed by atoms with Crippen LogP contribution in [0.25, 0.3) is 6.08 Å². The highest BCUT2D eigenvalue weighted by molar-refractivity contribution is 8.18. The molecular weight excluding hydrogens is 473 g/mol. The Balaban J connectivity index is 1.66. The second kappa shape index (κ2) is 9.52. The van der Waals surface area contributed by atoms with E-state index in [0.717, 1.165) is 11.8 Å². The maximum absolute atomic E-state index is 13.1. The number of phenolic OH excluding ortho intramolecular Hbond substituents is 2. The largest absolute Gasteiger partial charge is 0.507 e. The molecule has 3 aromatic rings. The highest BCUT2D eigenvalue weighted by atomic mass is 35.5. The van der Waals surface area contributed by atoms with Crippen LogP contribution < -0.4 is 0 Å². The number of thioether (sulfide) groups is 1. The number of furan rings is 1. The first-order valence-corrected chi connectivity index (χ1v) is 10.8. The number of hydrogen-bond acceptors (Lipinski definition) is 7. The molecule has 0 radical (unpaired) electrons. The fourth-order valence-corrected chi connectivity index (χ4v) is 4.12. The highest BCUT2D eigenvalue weighted by Gasteiger charge is 2.34. The summed E-state index contributed by atoms with van der Waals surface area (Å²) in [5.74, 6) is 0.228. The van der Waals surface area contributed by atoms with E-state index in [1.165, 1.54) is 29.5 Å². The molecule has 0 atom stereocenters. The Labute approximate surface area is 197 Å². The summed E-state index contributed by atoms with van der Waals surface area (Å²) in [7, 11) is 0. The van der Waals surface area contributed by atoms with E-state index in [1.807, 2.05) is 0 Å². The Morgan fingerprint density at radius 1 is 1.03 bits per heavy atom. The summed E-state index contributed by atoms with van der Waals surface area (Å²) < 4.78 is 5.36. The van der Waals surface area contributed by atoms with Crippen LogP contribution in [0.3, 0.4) is 0 Å². The molecule has 1 saturated heterocycles. The number of carbonyl (C=O) groups excluding carboxylic acids is 1. The van der Waals surface area contributed by atoms with Crippen molar-refractivity contribution >= 4 is 58.3 Å². The van der Waals surface area contributed by atoms with Crippen LogP contribution in [0.5, 0.6) is 11.5 Å². The van der Waals surface area contributed by atoms with E-state index < -0.39 is 0 Å². The standard InChI is InChI=1S/C22H15Cl2N3O4S/c23-15-3-5-18(28)13(8-15)10-20-21(30)27(12-17-2-1-7-31-17)22(32-20)26-25-11-14-9-16(24)4-6-19(14)29/h1-11,28-29H,12H2/b20-10-,25-11-,26-22+. The topological polar surface area (TPSA) is 98.6 Å². The maximum atomic E-state index is 13.1. The molecule has 4 rings (SSSR count). The van der Waals surface area contributed by atoms with Gasteiger partial charge in [0, 0.05) is 21.2 Å². The lowest BCUT2D eigenvalue weighted by molar-refractivity contribution is -0.122. The van der Waals surface area contributed by atoms with Crippen molar-refractivity contribution in [1.82, 2.24) is 4.90 Å². The molecule has 0 saturated carbocycles. The monoisotopic (exact) mass is 487 g/mol. The van der Waals surface area contributed by atoms with Crippen molar-refractivity contribution in [2.45, 2.75) is 6.54 Å². The number of amides is 1. The molecule has 0 unspecified atom stereocenters. The van der Waals surface area contributed by atoms with Crippen LogP contribution in [0, 0.1) is 0 Å². The third kappa shape index (κ3) is 4.99. The van der Waals surface area contributed by atoms with E-state index in [1.54, 1.807) is 42.5 Å². The van der Waals surface area contributed by atoms with Crippen molar-refractivity contribution in [2.75, 3.05) is 0 Å². The number of hydrogen-bond donors (Lipinski definition) is 2. The first-order chi connectivity index (χ1) is 15.4. The van der Waals surface area contributed by atoms with E-state index in [0.29, 0.717) is 37.0 Å². The van der Waals surface area contributed by atoms with Gasteiger partial charge in [0.15, 0.2) is 5.17 Å². The molecule has 1 fully saturated rings. The normalized spacial score (nSPS) is 16.7. The van der Waals surface area contributed by atoms with E-state index in [4.69, 9.17) is 27.6 Å². The molecule has 32 heavy (non-hydrogen) atoms. The number of carbonyl (C=O) groups is 1. The summed E-state index contributed by atoms with van der Waals surface area (Å²) in [5.41, 5.74) is 0.785. The number of rotatable bonds is 5. The molecule has 1 aromatic heterocycles. The molecule has 10 heteroatoms. The van der Waals surface area contributed by atoms with Gasteiger partial charge >= 0.3 is 0 Å². The van der Waals surface area contributed by atoms with Crippen molar-refractivity contribution < 1.29 is 19.4 Å². The van der Waals surface area contributed by atoms with Gasteiger partial charge < -0.3 is 14.6 Å². The minimum atomic E-state index is -0.328. The second-order valence-corrected chi connectivity index (χ2v) is 8.50. The Hall–Kier alpha value is -3.20. The Morgan fingerprint density at radius 3 is 2.41 bits per heavy atom. The van der Waals surface area contributed by atoms with Crippen LogP contribution in [0.15, 0.2) is 74.3 Å². The van der Waals surface area contributed by atoms with E-state index in [2.05, 4.69) is 10.2 Å². The van der Waals surface area contributed by atoms with Crippen molar-refractivity contribution in [1.29, 1.82) is 0 Å². The number of nitrogens with zero attached hydrogens (tertiary/aromatic N) is 3. The van der Waals surface area contributed by atoms with Gasteiger partial charge in [-0.15, -0.1) is 5.10 Å². The predicted molar refractivity (Wildman–Crippen MR) is 126 cm³/mol. The van der Waals surface area contributed by atoms with Crippen LogP contribution >= 0.6 is 35.0 Å². The third-order valence-electron chi connectivity index (χ3n) is 4.39. The summed E-state index contributed by atoms with van der Waals surface area (Å²) in [6.07, 6.45) is 4.40. The molecule has 162 valence electrons. The predicted octanol–water partition coefficient (Wildman–Crippen LogP) is 5.50. The zero-order chi connectivity index (χ0) is 22.7. The second-order valence-electron chi connectivity index (χ2n) is 6.61. The van der Waals surface area contributed by atoms with Gasteiger partial charge in [0.2, 0.25) is 0 Å². The maximum Gasteiger partial charge on any atom is 0.267 e. The minimum absolute atomic E-state index is 0.00189. The van der Waals surface area contributed by atoms with Crippen LogP contribution in [-0.4, -0.2) is 32.4 Å². The molecule has 7 nitrogen and oxygen atoms in total. The lowest BCUT2D eigenvalue weighted by atomic mass is 10.2. The van der Waals surface area contributed by atoms with Crippen molar-refractivity contribution in [2.24, 2.45) is 10.2 Å². The number of aromatic hydroxyl groups is 2. The quantitative estimate of drug-likeness (QED) is 0.281. The number of benzene rings is 2. The zero-order valence-corrected chi connectivity index (χ0v) is 18.6. The molecule has 2 aromatic carbocycles. The molecule has 0 aliphatic carbocycles. The lowest BCUT2D eigenvalue weighted by Crippen LogP contribution is -2.28. The summed E-state index contributed by atoms with van der Waals surface area (Å²) in [4.78, 5) is 14.8. The Bertz CT molecular complexity index is 1260. The van der Waals surface area contributed by atoms with E-state index in [9.17, 15) is 15.0 Å². The SMILES string of the molecule is O=C1/C(=C/c2cc(Cl)ccc2O)S/C(=N/N=C\c2cc(Cl)ccc2O)N1Cc1ccco1.